The van der Waals surface area contributed by atoms with Gasteiger partial charge in [0.2, 0.25) is 0 Å². The molecule has 0 heterocycles. The highest BCUT2D eigenvalue weighted by molar-refractivity contribution is 6.31. The number of hydrogen-bond acceptors (Lipinski definition) is 2. The molecule has 0 aliphatic carbocycles. The largest absolute Gasteiger partial charge is 0.308 e. The highest BCUT2D eigenvalue weighted by atomic mass is 35.5. The summed E-state index contributed by atoms with van der Waals surface area (Å²) in [5.41, 5.74) is 2.34. The van der Waals surface area contributed by atoms with Crippen molar-refractivity contribution in [1.29, 1.82) is 5.41 Å². The Labute approximate surface area is 112 Å². The van der Waals surface area contributed by atoms with Gasteiger partial charge in [0.1, 0.15) is 0 Å². The minimum atomic E-state index is 0.0594. The maximum atomic E-state index is 11.3. The number of nitrogens with one attached hydrogen (secondary N) is 1. The molecule has 1 N–H and O–H groups in total. The summed E-state index contributed by atoms with van der Waals surface area (Å²) in [4.78, 5) is 11.3. The minimum absolute atomic E-state index is 0.0594. The van der Waals surface area contributed by atoms with E-state index in [1.165, 1.54) is 6.21 Å². The number of Topliss-reactive ketones (excluding diaryl/α,β-unsaturated/α-hetero) is 1. The van der Waals surface area contributed by atoms with Gasteiger partial charge < -0.3 is 5.41 Å². The third-order valence-electron chi connectivity index (χ3n) is 2.61. The number of allylic oxidation sites excluding steroid dienone is 4. The third kappa shape index (κ3) is 3.97. The zero-order valence-corrected chi connectivity index (χ0v) is 11.3. The first-order valence-electron chi connectivity index (χ1n) is 5.76. The van der Waals surface area contributed by atoms with Gasteiger partial charge in [0, 0.05) is 11.2 Å². The molecule has 0 atom stereocenters. The molecule has 0 aliphatic heterocycles. The van der Waals surface area contributed by atoms with Crippen LogP contribution in [0.4, 0.5) is 0 Å². The third-order valence-corrected chi connectivity index (χ3v) is 2.85. The first kappa shape index (κ1) is 14.4. The first-order chi connectivity index (χ1) is 8.58. The van der Waals surface area contributed by atoms with Crippen LogP contribution in [0.1, 0.15) is 25.8 Å². The van der Waals surface area contributed by atoms with Gasteiger partial charge >= 0.3 is 0 Å². The van der Waals surface area contributed by atoms with E-state index in [0.717, 1.165) is 16.7 Å². The Morgan fingerprint density at radius 2 is 2.11 bits per heavy atom. The van der Waals surface area contributed by atoms with Gasteiger partial charge in [-0.15, -0.1) is 0 Å². The summed E-state index contributed by atoms with van der Waals surface area (Å²) in [6.07, 6.45) is 5.49. The molecule has 1 aromatic carbocycles. The number of rotatable bonds is 5. The van der Waals surface area contributed by atoms with E-state index in [1.807, 2.05) is 19.1 Å². The number of carbonyl (C=O) groups excluding carboxylic acids is 1. The Bertz CT molecular complexity index is 515. The Hall–Kier alpha value is -1.67. The molecule has 0 saturated heterocycles. The Balaban J connectivity index is 3.11. The van der Waals surface area contributed by atoms with Crippen LogP contribution in [-0.4, -0.2) is 12.0 Å². The number of carbonyl (C=O) groups is 1. The van der Waals surface area contributed by atoms with E-state index in [4.69, 9.17) is 17.0 Å². The molecule has 0 bridgehead atoms. The van der Waals surface area contributed by atoms with Crippen molar-refractivity contribution in [2.75, 3.05) is 0 Å². The van der Waals surface area contributed by atoms with E-state index in [1.54, 1.807) is 31.2 Å². The fraction of sp³-hybridized carbons (Fsp3) is 0.200. The van der Waals surface area contributed by atoms with Gasteiger partial charge in [0.25, 0.3) is 0 Å². The first-order valence-corrected chi connectivity index (χ1v) is 6.14. The maximum Gasteiger partial charge on any atom is 0.155 e. The minimum Gasteiger partial charge on any atom is -0.308 e. The molecule has 1 rings (SSSR count). The lowest BCUT2D eigenvalue weighted by molar-refractivity contribution is -0.113. The van der Waals surface area contributed by atoms with Crippen LogP contribution in [0.15, 0.2) is 42.0 Å². The lowest BCUT2D eigenvalue weighted by atomic mass is 10.0. The smallest absolute Gasteiger partial charge is 0.155 e. The summed E-state index contributed by atoms with van der Waals surface area (Å²) in [7, 11) is 0. The van der Waals surface area contributed by atoms with Gasteiger partial charge in [0.15, 0.2) is 5.78 Å². The fourth-order valence-electron chi connectivity index (χ4n) is 1.57. The van der Waals surface area contributed by atoms with E-state index in [2.05, 4.69) is 0 Å². The van der Waals surface area contributed by atoms with Crippen LogP contribution in [-0.2, 0) is 4.79 Å². The molecule has 2 nitrogen and oxygen atoms in total. The second-order valence-electron chi connectivity index (χ2n) is 3.88. The van der Waals surface area contributed by atoms with Crippen LogP contribution in [0, 0.1) is 5.41 Å². The molecular formula is C15H16ClNO. The van der Waals surface area contributed by atoms with Crippen molar-refractivity contribution in [3.05, 3.63) is 52.6 Å². The highest BCUT2D eigenvalue weighted by Gasteiger charge is 2.01. The highest BCUT2D eigenvalue weighted by Crippen LogP contribution is 2.18. The van der Waals surface area contributed by atoms with Crippen LogP contribution in [0.2, 0.25) is 5.02 Å². The van der Waals surface area contributed by atoms with Crippen molar-refractivity contribution >= 4 is 29.2 Å². The normalized spacial score (nSPS) is 12.4. The van der Waals surface area contributed by atoms with E-state index >= 15 is 0 Å². The molecule has 0 fully saturated rings. The van der Waals surface area contributed by atoms with Gasteiger partial charge in [-0.25, -0.2) is 0 Å². The predicted octanol–water partition coefficient (Wildman–Crippen LogP) is 4.30. The van der Waals surface area contributed by atoms with Crippen molar-refractivity contribution < 1.29 is 4.79 Å². The van der Waals surface area contributed by atoms with E-state index in [9.17, 15) is 4.79 Å². The topological polar surface area (TPSA) is 40.9 Å². The molecule has 0 spiro atoms. The number of benzene rings is 1. The van der Waals surface area contributed by atoms with E-state index < -0.39 is 0 Å². The molecule has 0 aromatic heterocycles. The van der Waals surface area contributed by atoms with Crippen LogP contribution in [0.25, 0.3) is 5.57 Å². The number of hydrogen-bond donors (Lipinski definition) is 1. The van der Waals surface area contributed by atoms with Crippen molar-refractivity contribution in [2.45, 2.75) is 20.3 Å². The van der Waals surface area contributed by atoms with Crippen LogP contribution >= 0.6 is 11.6 Å². The van der Waals surface area contributed by atoms with Gasteiger partial charge in [-0.2, -0.15) is 0 Å². The molecule has 0 saturated carbocycles. The second-order valence-corrected chi connectivity index (χ2v) is 4.31. The summed E-state index contributed by atoms with van der Waals surface area (Å²) in [6, 6.07) is 7.31. The SMILES string of the molecule is CC/C(=C\C=C(/C=N)c1cccc(Cl)c1)C(C)=O. The fourth-order valence-corrected chi connectivity index (χ4v) is 1.76. The van der Waals surface area contributed by atoms with Crippen LogP contribution < -0.4 is 0 Å². The van der Waals surface area contributed by atoms with E-state index in [0.29, 0.717) is 11.4 Å². The Morgan fingerprint density at radius 1 is 1.39 bits per heavy atom. The molecule has 18 heavy (non-hydrogen) atoms. The zero-order valence-electron chi connectivity index (χ0n) is 10.5. The second kappa shape index (κ2) is 6.92. The van der Waals surface area contributed by atoms with Gasteiger partial charge in [-0.05, 0) is 42.2 Å². The van der Waals surface area contributed by atoms with Gasteiger partial charge in [-0.3, -0.25) is 4.79 Å². The summed E-state index contributed by atoms with van der Waals surface area (Å²) in [5.74, 6) is 0.0594. The van der Waals surface area contributed by atoms with Gasteiger partial charge in [-0.1, -0.05) is 42.8 Å². The molecule has 3 heteroatoms. The quantitative estimate of drug-likeness (QED) is 0.479. The average molecular weight is 262 g/mol. The van der Waals surface area contributed by atoms with Crippen molar-refractivity contribution in [2.24, 2.45) is 0 Å². The van der Waals surface area contributed by atoms with E-state index in [-0.39, 0.29) is 5.78 Å². The Morgan fingerprint density at radius 3 is 2.61 bits per heavy atom. The molecule has 94 valence electrons. The summed E-state index contributed by atoms with van der Waals surface area (Å²) < 4.78 is 0. The standard InChI is InChI=1S/C15H16ClNO/c1-3-12(11(2)18)7-8-14(10-17)13-5-4-6-15(16)9-13/h4-10,17H,3H2,1-2H3/b12-7+,14-8+,17-10?. The summed E-state index contributed by atoms with van der Waals surface area (Å²) >= 11 is 5.91. The van der Waals surface area contributed by atoms with Gasteiger partial charge in [0.05, 0.1) is 0 Å². The van der Waals surface area contributed by atoms with Crippen LogP contribution in [0.5, 0.6) is 0 Å². The molecule has 1 aromatic rings. The van der Waals surface area contributed by atoms with Crippen LogP contribution in [0.3, 0.4) is 0 Å². The van der Waals surface area contributed by atoms with Crippen molar-refractivity contribution in [1.82, 2.24) is 0 Å². The Kier molecular flexibility index (Phi) is 5.53. The molecule has 0 radical (unpaired) electrons. The summed E-state index contributed by atoms with van der Waals surface area (Å²) in [6.45, 7) is 3.48. The lowest BCUT2D eigenvalue weighted by Crippen LogP contribution is -1.94. The molecule has 0 amide bonds. The molecule has 0 unspecified atom stereocenters. The zero-order chi connectivity index (χ0) is 13.5. The number of halogens is 1. The predicted molar refractivity (Wildman–Crippen MR) is 77.3 cm³/mol. The lowest BCUT2D eigenvalue weighted by Gasteiger charge is -2.02. The molecular weight excluding hydrogens is 246 g/mol. The summed E-state index contributed by atoms with van der Waals surface area (Å²) in [5, 5.41) is 8.06. The average Bonchev–Trinajstić information content (AvgIpc) is 2.34. The molecule has 0 aliphatic rings. The monoisotopic (exact) mass is 261 g/mol. The van der Waals surface area contributed by atoms with Crippen molar-refractivity contribution in [3.8, 4) is 0 Å². The number of ketones is 1. The maximum absolute atomic E-state index is 11.3. The van der Waals surface area contributed by atoms with Crippen molar-refractivity contribution in [3.63, 3.8) is 0 Å².